The van der Waals surface area contributed by atoms with Gasteiger partial charge in [0.15, 0.2) is 0 Å². The number of carbonyl (C=O) groups excluding carboxylic acids is 1. The summed E-state index contributed by atoms with van der Waals surface area (Å²) in [6.45, 7) is 2.04. The average molecular weight is 281 g/mol. The van der Waals surface area contributed by atoms with Crippen LogP contribution < -0.4 is 5.32 Å². The third-order valence-electron chi connectivity index (χ3n) is 5.39. The molecular formula is C16H27NO3. The van der Waals surface area contributed by atoms with E-state index in [4.69, 9.17) is 0 Å². The maximum absolute atomic E-state index is 12.6. The molecule has 2 fully saturated rings. The molecule has 2 N–H and O–H groups in total. The predicted octanol–water partition coefficient (Wildman–Crippen LogP) is 3.11. The van der Waals surface area contributed by atoms with E-state index in [1.807, 2.05) is 6.92 Å². The largest absolute Gasteiger partial charge is 0.480 e. The minimum atomic E-state index is -0.866. The Labute approximate surface area is 121 Å². The fraction of sp³-hybridized carbons (Fsp3) is 0.875. The second-order valence-corrected chi connectivity index (χ2v) is 6.53. The molecule has 2 saturated carbocycles. The van der Waals surface area contributed by atoms with Gasteiger partial charge in [0, 0.05) is 5.41 Å². The van der Waals surface area contributed by atoms with Crippen LogP contribution in [0.1, 0.15) is 71.1 Å². The molecule has 1 atom stereocenters. The number of rotatable bonds is 5. The number of aliphatic carboxylic acids is 1. The van der Waals surface area contributed by atoms with Crippen molar-refractivity contribution in [3.05, 3.63) is 0 Å². The highest BCUT2D eigenvalue weighted by Crippen LogP contribution is 2.41. The van der Waals surface area contributed by atoms with Crippen LogP contribution in [0.15, 0.2) is 0 Å². The number of amides is 1. The summed E-state index contributed by atoms with van der Waals surface area (Å²) in [5, 5.41) is 12.3. The standard InChI is InChI=1S/C16H27NO3/c1-2-16(10-6-7-11-16)15(20)17-13(14(18)19)12-8-4-3-5-9-12/h12-13H,2-11H2,1H3,(H,17,20)(H,18,19). The molecule has 0 aromatic carbocycles. The first kappa shape index (κ1) is 15.3. The van der Waals surface area contributed by atoms with Crippen LogP contribution >= 0.6 is 0 Å². The van der Waals surface area contributed by atoms with Crippen LogP contribution in [0.3, 0.4) is 0 Å². The fourth-order valence-electron chi connectivity index (χ4n) is 3.94. The van der Waals surface area contributed by atoms with Crippen LogP contribution in [0, 0.1) is 11.3 Å². The molecule has 0 heterocycles. The van der Waals surface area contributed by atoms with Gasteiger partial charge < -0.3 is 10.4 Å². The molecule has 2 aliphatic carbocycles. The predicted molar refractivity (Wildman–Crippen MR) is 77.3 cm³/mol. The molecule has 1 unspecified atom stereocenters. The Morgan fingerprint density at radius 3 is 2.25 bits per heavy atom. The molecule has 1 amide bonds. The average Bonchev–Trinajstić information content (AvgIpc) is 2.95. The van der Waals surface area contributed by atoms with E-state index in [9.17, 15) is 14.7 Å². The van der Waals surface area contributed by atoms with Gasteiger partial charge in [-0.2, -0.15) is 0 Å². The molecule has 0 spiro atoms. The van der Waals surface area contributed by atoms with E-state index < -0.39 is 12.0 Å². The van der Waals surface area contributed by atoms with Gasteiger partial charge in [-0.25, -0.2) is 4.79 Å². The minimum Gasteiger partial charge on any atom is -0.480 e. The highest BCUT2D eigenvalue weighted by atomic mass is 16.4. The Kier molecular flexibility index (Phi) is 5.06. The van der Waals surface area contributed by atoms with Crippen LogP contribution in [-0.2, 0) is 9.59 Å². The monoisotopic (exact) mass is 281 g/mol. The maximum Gasteiger partial charge on any atom is 0.326 e. The van der Waals surface area contributed by atoms with Crippen molar-refractivity contribution < 1.29 is 14.7 Å². The lowest BCUT2D eigenvalue weighted by atomic mass is 9.80. The van der Waals surface area contributed by atoms with Gasteiger partial charge in [0.05, 0.1) is 0 Å². The lowest BCUT2D eigenvalue weighted by molar-refractivity contribution is -0.146. The molecule has 0 saturated heterocycles. The summed E-state index contributed by atoms with van der Waals surface area (Å²) in [4.78, 5) is 24.1. The van der Waals surface area contributed by atoms with Crippen LogP contribution in [0.5, 0.6) is 0 Å². The Morgan fingerprint density at radius 1 is 1.15 bits per heavy atom. The normalized spacial score (nSPS) is 24.2. The Bertz CT molecular complexity index is 355. The summed E-state index contributed by atoms with van der Waals surface area (Å²) in [5.41, 5.74) is -0.303. The zero-order chi connectivity index (χ0) is 14.6. The van der Waals surface area contributed by atoms with E-state index in [0.717, 1.165) is 57.8 Å². The first-order valence-electron chi connectivity index (χ1n) is 8.13. The summed E-state index contributed by atoms with van der Waals surface area (Å²) in [7, 11) is 0. The van der Waals surface area contributed by atoms with E-state index in [0.29, 0.717) is 0 Å². The lowest BCUT2D eigenvalue weighted by Gasteiger charge is -2.32. The molecule has 0 radical (unpaired) electrons. The van der Waals surface area contributed by atoms with Gasteiger partial charge in [0.1, 0.15) is 6.04 Å². The zero-order valence-electron chi connectivity index (χ0n) is 12.5. The topological polar surface area (TPSA) is 66.4 Å². The number of nitrogens with one attached hydrogen (secondary N) is 1. The minimum absolute atomic E-state index is 0.0181. The van der Waals surface area contributed by atoms with E-state index in [1.54, 1.807) is 0 Å². The summed E-state index contributed by atoms with van der Waals surface area (Å²) < 4.78 is 0. The molecule has 20 heavy (non-hydrogen) atoms. The Hall–Kier alpha value is -1.06. The third kappa shape index (κ3) is 3.15. The van der Waals surface area contributed by atoms with Crippen molar-refractivity contribution in [3.63, 3.8) is 0 Å². The Morgan fingerprint density at radius 2 is 1.75 bits per heavy atom. The van der Waals surface area contributed by atoms with Gasteiger partial charge in [-0.05, 0) is 38.0 Å². The second kappa shape index (κ2) is 6.59. The van der Waals surface area contributed by atoms with Gasteiger partial charge in [0.2, 0.25) is 5.91 Å². The molecule has 114 valence electrons. The van der Waals surface area contributed by atoms with Gasteiger partial charge in [-0.3, -0.25) is 4.79 Å². The van der Waals surface area contributed by atoms with E-state index in [-0.39, 0.29) is 17.2 Å². The summed E-state index contributed by atoms with van der Waals surface area (Å²) in [6, 6.07) is -0.688. The fourth-order valence-corrected chi connectivity index (χ4v) is 3.94. The lowest BCUT2D eigenvalue weighted by Crippen LogP contribution is -2.51. The van der Waals surface area contributed by atoms with Crippen LogP contribution in [0.25, 0.3) is 0 Å². The molecule has 0 bridgehead atoms. The molecule has 0 aromatic heterocycles. The smallest absolute Gasteiger partial charge is 0.326 e. The molecule has 2 aliphatic rings. The van der Waals surface area contributed by atoms with Gasteiger partial charge >= 0.3 is 5.97 Å². The molecule has 2 rings (SSSR count). The SMILES string of the molecule is CCC1(C(=O)NC(C(=O)O)C2CCCCC2)CCCC1. The molecule has 0 aliphatic heterocycles. The van der Waals surface area contributed by atoms with Crippen LogP contribution in [0.2, 0.25) is 0 Å². The number of carboxylic acid groups (broad SMARTS) is 1. The van der Waals surface area contributed by atoms with E-state index in [1.165, 1.54) is 6.42 Å². The summed E-state index contributed by atoms with van der Waals surface area (Å²) in [6.07, 6.45) is 10.0. The maximum atomic E-state index is 12.6. The zero-order valence-corrected chi connectivity index (χ0v) is 12.5. The van der Waals surface area contributed by atoms with Crippen molar-refractivity contribution in [2.24, 2.45) is 11.3 Å². The highest BCUT2D eigenvalue weighted by Gasteiger charge is 2.42. The first-order chi connectivity index (χ1) is 9.59. The number of carboxylic acids is 1. The number of hydrogen-bond acceptors (Lipinski definition) is 2. The quantitative estimate of drug-likeness (QED) is 0.813. The number of carbonyl (C=O) groups is 2. The highest BCUT2D eigenvalue weighted by molar-refractivity contribution is 5.87. The van der Waals surface area contributed by atoms with Crippen molar-refractivity contribution in [2.45, 2.75) is 77.2 Å². The van der Waals surface area contributed by atoms with Gasteiger partial charge in [-0.15, -0.1) is 0 Å². The Balaban J connectivity index is 2.03. The summed E-state index contributed by atoms with van der Waals surface area (Å²) >= 11 is 0. The second-order valence-electron chi connectivity index (χ2n) is 6.53. The molecule has 0 aromatic rings. The van der Waals surface area contributed by atoms with Gasteiger partial charge in [-0.1, -0.05) is 39.0 Å². The number of hydrogen-bond donors (Lipinski definition) is 2. The molecular weight excluding hydrogens is 254 g/mol. The van der Waals surface area contributed by atoms with Crippen LogP contribution in [0.4, 0.5) is 0 Å². The van der Waals surface area contributed by atoms with E-state index >= 15 is 0 Å². The van der Waals surface area contributed by atoms with Crippen molar-refractivity contribution in [1.82, 2.24) is 5.32 Å². The summed E-state index contributed by atoms with van der Waals surface area (Å²) in [5.74, 6) is -0.773. The van der Waals surface area contributed by atoms with Crippen molar-refractivity contribution >= 4 is 11.9 Å². The first-order valence-corrected chi connectivity index (χ1v) is 8.13. The molecule has 4 nitrogen and oxygen atoms in total. The van der Waals surface area contributed by atoms with Crippen molar-refractivity contribution in [2.75, 3.05) is 0 Å². The van der Waals surface area contributed by atoms with Crippen molar-refractivity contribution in [3.8, 4) is 0 Å². The van der Waals surface area contributed by atoms with Crippen LogP contribution in [-0.4, -0.2) is 23.0 Å². The molecule has 4 heteroatoms. The van der Waals surface area contributed by atoms with Crippen molar-refractivity contribution in [1.29, 1.82) is 0 Å². The third-order valence-corrected chi connectivity index (χ3v) is 5.39. The van der Waals surface area contributed by atoms with Gasteiger partial charge in [0.25, 0.3) is 0 Å². The van der Waals surface area contributed by atoms with E-state index in [2.05, 4.69) is 5.32 Å².